The number of Topliss-reactive ketones (excluding diaryl/α,β-unsaturated/α-hetero) is 1. The van der Waals surface area contributed by atoms with E-state index in [2.05, 4.69) is 5.32 Å². The molecule has 0 radical (unpaired) electrons. The summed E-state index contributed by atoms with van der Waals surface area (Å²) in [6.07, 6.45) is 0.293. The third-order valence-corrected chi connectivity index (χ3v) is 4.57. The number of rotatable bonds is 7. The van der Waals surface area contributed by atoms with Gasteiger partial charge >= 0.3 is 0 Å². The maximum absolute atomic E-state index is 12.5. The summed E-state index contributed by atoms with van der Waals surface area (Å²) in [4.78, 5) is 24.8. The van der Waals surface area contributed by atoms with Gasteiger partial charge in [0.25, 0.3) is 0 Å². The molecule has 0 aliphatic carbocycles. The van der Waals surface area contributed by atoms with Crippen LogP contribution in [0.2, 0.25) is 5.02 Å². The zero-order valence-electron chi connectivity index (χ0n) is 14.8. The molecule has 3 nitrogen and oxygen atoms in total. The highest BCUT2D eigenvalue weighted by atomic mass is 35.5. The van der Waals surface area contributed by atoms with Crippen LogP contribution >= 0.6 is 11.6 Å². The molecule has 3 aromatic rings. The number of carbonyl (C=O) groups excluding carboxylic acids is 2. The van der Waals surface area contributed by atoms with Crippen molar-refractivity contribution in [2.75, 3.05) is 0 Å². The van der Waals surface area contributed by atoms with E-state index in [1.165, 1.54) is 0 Å². The molecule has 0 saturated heterocycles. The molecule has 0 aliphatic rings. The molecule has 0 bridgehead atoms. The molecule has 0 unspecified atom stereocenters. The van der Waals surface area contributed by atoms with Crippen LogP contribution in [0, 0.1) is 0 Å². The third-order valence-electron chi connectivity index (χ3n) is 4.32. The van der Waals surface area contributed by atoms with Gasteiger partial charge in [-0.2, -0.15) is 0 Å². The van der Waals surface area contributed by atoms with E-state index in [4.69, 9.17) is 11.6 Å². The number of nitrogens with one attached hydrogen (secondary N) is 1. The summed E-state index contributed by atoms with van der Waals surface area (Å²) in [5.74, 6) is -0.229. The molecule has 0 fully saturated rings. The van der Waals surface area contributed by atoms with E-state index in [-0.39, 0.29) is 30.6 Å². The van der Waals surface area contributed by atoms with Crippen molar-refractivity contribution in [1.82, 2.24) is 5.32 Å². The van der Waals surface area contributed by atoms with Gasteiger partial charge in [0, 0.05) is 23.4 Å². The number of halogens is 1. The molecule has 0 spiro atoms. The van der Waals surface area contributed by atoms with E-state index in [0.717, 1.165) is 11.1 Å². The number of carbonyl (C=O) groups is 2. The highest BCUT2D eigenvalue weighted by Crippen LogP contribution is 2.22. The number of hydrogen-bond donors (Lipinski definition) is 1. The van der Waals surface area contributed by atoms with Gasteiger partial charge in [-0.3, -0.25) is 9.59 Å². The fourth-order valence-corrected chi connectivity index (χ4v) is 3.02. The highest BCUT2D eigenvalue weighted by molar-refractivity contribution is 6.30. The van der Waals surface area contributed by atoms with E-state index in [9.17, 15) is 9.59 Å². The Balaban J connectivity index is 1.66. The summed E-state index contributed by atoms with van der Waals surface area (Å²) in [5, 5.41) is 3.63. The third kappa shape index (κ3) is 5.28. The van der Waals surface area contributed by atoms with Gasteiger partial charge in [-0.15, -0.1) is 0 Å². The molecule has 0 saturated carbocycles. The normalized spacial score (nSPS) is 10.6. The van der Waals surface area contributed by atoms with Crippen LogP contribution in [0.25, 0.3) is 0 Å². The summed E-state index contributed by atoms with van der Waals surface area (Å²) < 4.78 is 0. The van der Waals surface area contributed by atoms with Crippen molar-refractivity contribution in [3.63, 3.8) is 0 Å². The van der Waals surface area contributed by atoms with Gasteiger partial charge in [0.2, 0.25) is 5.91 Å². The van der Waals surface area contributed by atoms with E-state index in [1.807, 2.05) is 60.7 Å². The van der Waals surface area contributed by atoms with Crippen molar-refractivity contribution in [3.05, 3.63) is 107 Å². The van der Waals surface area contributed by atoms with Gasteiger partial charge in [-0.25, -0.2) is 0 Å². The first-order valence-corrected chi connectivity index (χ1v) is 9.19. The van der Waals surface area contributed by atoms with Gasteiger partial charge in [-0.1, -0.05) is 72.3 Å². The average Bonchev–Trinajstić information content (AvgIpc) is 2.72. The van der Waals surface area contributed by atoms with Crippen LogP contribution in [0.3, 0.4) is 0 Å². The number of ketones is 1. The van der Waals surface area contributed by atoms with Crippen LogP contribution in [0.1, 0.15) is 40.4 Å². The van der Waals surface area contributed by atoms with Crippen molar-refractivity contribution in [3.8, 4) is 0 Å². The zero-order chi connectivity index (χ0) is 19.1. The maximum atomic E-state index is 12.5. The fourth-order valence-electron chi connectivity index (χ4n) is 2.89. The van der Waals surface area contributed by atoms with Crippen LogP contribution in [0.5, 0.6) is 0 Å². The lowest BCUT2D eigenvalue weighted by Crippen LogP contribution is -2.29. The van der Waals surface area contributed by atoms with Gasteiger partial charge in [0.1, 0.15) is 0 Å². The monoisotopic (exact) mass is 377 g/mol. The lowest BCUT2D eigenvalue weighted by molar-refractivity contribution is -0.121. The first-order valence-electron chi connectivity index (χ1n) is 8.81. The minimum Gasteiger partial charge on any atom is -0.345 e. The second-order valence-corrected chi connectivity index (χ2v) is 6.69. The van der Waals surface area contributed by atoms with Crippen molar-refractivity contribution in [1.29, 1.82) is 0 Å². The Bertz CT molecular complexity index is 853. The van der Waals surface area contributed by atoms with E-state index in [1.54, 1.807) is 24.3 Å². The Hall–Kier alpha value is -2.91. The number of hydrogen-bond acceptors (Lipinski definition) is 2. The van der Waals surface area contributed by atoms with Crippen molar-refractivity contribution in [2.45, 2.75) is 18.9 Å². The molecule has 4 heteroatoms. The molecule has 3 rings (SSSR count). The van der Waals surface area contributed by atoms with E-state index < -0.39 is 0 Å². The smallest absolute Gasteiger partial charge is 0.221 e. The topological polar surface area (TPSA) is 46.2 Å². The highest BCUT2D eigenvalue weighted by Gasteiger charge is 2.17. The van der Waals surface area contributed by atoms with Crippen LogP contribution in [-0.2, 0) is 4.79 Å². The molecule has 0 atom stereocenters. The van der Waals surface area contributed by atoms with Gasteiger partial charge in [0.05, 0.1) is 6.04 Å². The number of benzene rings is 3. The van der Waals surface area contributed by atoms with Gasteiger partial charge in [-0.05, 0) is 35.4 Å². The lowest BCUT2D eigenvalue weighted by atomic mass is 9.98. The van der Waals surface area contributed by atoms with Gasteiger partial charge in [0.15, 0.2) is 5.78 Å². The quantitative estimate of drug-likeness (QED) is 0.574. The summed E-state index contributed by atoms with van der Waals surface area (Å²) >= 11 is 5.84. The first kappa shape index (κ1) is 18.9. The molecular weight excluding hydrogens is 358 g/mol. The average molecular weight is 378 g/mol. The minimum atomic E-state index is -0.245. The van der Waals surface area contributed by atoms with Gasteiger partial charge < -0.3 is 5.32 Å². The zero-order valence-corrected chi connectivity index (χ0v) is 15.5. The van der Waals surface area contributed by atoms with Crippen molar-refractivity contribution >= 4 is 23.3 Å². The van der Waals surface area contributed by atoms with E-state index >= 15 is 0 Å². The Morgan fingerprint density at radius 1 is 0.741 bits per heavy atom. The molecule has 0 aromatic heterocycles. The first-order chi connectivity index (χ1) is 13.1. The minimum absolute atomic E-state index is 0.0715. The Labute approximate surface area is 164 Å². The van der Waals surface area contributed by atoms with Crippen LogP contribution in [-0.4, -0.2) is 11.7 Å². The number of amides is 1. The predicted octanol–water partition coefficient (Wildman–Crippen LogP) is 5.21. The van der Waals surface area contributed by atoms with Crippen LogP contribution in [0.4, 0.5) is 0 Å². The Morgan fingerprint density at radius 2 is 1.26 bits per heavy atom. The van der Waals surface area contributed by atoms with Crippen molar-refractivity contribution in [2.24, 2.45) is 0 Å². The van der Waals surface area contributed by atoms with Crippen LogP contribution < -0.4 is 5.32 Å². The largest absolute Gasteiger partial charge is 0.345 e. The summed E-state index contributed by atoms with van der Waals surface area (Å²) in [6, 6.07) is 26.1. The fraction of sp³-hybridized carbons (Fsp3) is 0.130. The second kappa shape index (κ2) is 9.15. The predicted molar refractivity (Wildman–Crippen MR) is 108 cm³/mol. The summed E-state index contributed by atoms with van der Waals surface area (Å²) in [5.41, 5.74) is 2.57. The molecule has 136 valence electrons. The SMILES string of the molecule is O=C(CCC(=O)c1ccc(Cl)cc1)NC(c1ccccc1)c1ccccc1. The molecular formula is C23H20ClNO2. The molecule has 27 heavy (non-hydrogen) atoms. The lowest BCUT2D eigenvalue weighted by Gasteiger charge is -2.20. The standard InChI is InChI=1S/C23H20ClNO2/c24-20-13-11-17(12-14-20)21(26)15-16-22(27)25-23(18-7-3-1-4-8-18)19-9-5-2-6-10-19/h1-14,23H,15-16H2,(H,25,27). The molecule has 1 N–H and O–H groups in total. The summed E-state index contributed by atoms with van der Waals surface area (Å²) in [6.45, 7) is 0. The van der Waals surface area contributed by atoms with Crippen LogP contribution in [0.15, 0.2) is 84.9 Å². The second-order valence-electron chi connectivity index (χ2n) is 6.25. The molecule has 3 aromatic carbocycles. The molecule has 0 aliphatic heterocycles. The van der Waals surface area contributed by atoms with E-state index in [0.29, 0.717) is 10.6 Å². The summed E-state index contributed by atoms with van der Waals surface area (Å²) in [7, 11) is 0. The Morgan fingerprint density at radius 3 is 1.78 bits per heavy atom. The molecule has 0 heterocycles. The Kier molecular flexibility index (Phi) is 6.39. The molecule has 1 amide bonds. The van der Waals surface area contributed by atoms with Crippen molar-refractivity contribution < 1.29 is 9.59 Å². The maximum Gasteiger partial charge on any atom is 0.221 e.